The Morgan fingerprint density at radius 1 is 1.41 bits per heavy atom. The van der Waals surface area contributed by atoms with Crippen molar-refractivity contribution >= 4 is 23.0 Å². The molecular formula is C16H19N3O3. The first-order valence-electron chi connectivity index (χ1n) is 7.21. The standard InChI is InChI=1S/C16H19N3O3/c1-16(21-7-8-22-16)9-15(20)18-17-10-12-11-19(2)14-6-4-3-5-13(12)14/h3-6,10-11H,7-9H2,1-2H3,(H,18,20)/b17-10-. The summed E-state index contributed by atoms with van der Waals surface area (Å²) in [5, 5.41) is 5.12. The molecule has 1 aliphatic heterocycles. The summed E-state index contributed by atoms with van der Waals surface area (Å²) in [6.45, 7) is 2.79. The molecule has 2 aromatic rings. The Morgan fingerprint density at radius 3 is 2.91 bits per heavy atom. The molecule has 6 heteroatoms. The van der Waals surface area contributed by atoms with Crippen LogP contribution in [0.2, 0.25) is 0 Å². The maximum absolute atomic E-state index is 11.9. The molecule has 0 radical (unpaired) electrons. The monoisotopic (exact) mass is 301 g/mol. The van der Waals surface area contributed by atoms with Gasteiger partial charge in [0.05, 0.1) is 25.8 Å². The number of ether oxygens (including phenoxy) is 2. The van der Waals surface area contributed by atoms with E-state index in [4.69, 9.17) is 9.47 Å². The van der Waals surface area contributed by atoms with Gasteiger partial charge in [-0.3, -0.25) is 4.79 Å². The SMILES string of the molecule is Cn1cc(/C=N\NC(=O)CC2(C)OCCO2)c2ccccc21. The molecule has 1 fully saturated rings. The van der Waals surface area contributed by atoms with Crippen LogP contribution >= 0.6 is 0 Å². The van der Waals surface area contributed by atoms with Gasteiger partial charge in [0.2, 0.25) is 5.91 Å². The Balaban J connectivity index is 1.65. The van der Waals surface area contributed by atoms with Gasteiger partial charge in [-0.1, -0.05) is 18.2 Å². The fourth-order valence-corrected chi connectivity index (χ4v) is 2.64. The molecule has 1 aliphatic rings. The van der Waals surface area contributed by atoms with Crippen molar-refractivity contribution in [2.45, 2.75) is 19.1 Å². The summed E-state index contributed by atoms with van der Waals surface area (Å²) in [5.74, 6) is -1.07. The summed E-state index contributed by atoms with van der Waals surface area (Å²) in [4.78, 5) is 11.9. The molecule has 1 saturated heterocycles. The zero-order valence-corrected chi connectivity index (χ0v) is 12.7. The number of carbonyl (C=O) groups excluding carboxylic acids is 1. The van der Waals surface area contributed by atoms with E-state index < -0.39 is 5.79 Å². The van der Waals surface area contributed by atoms with Crippen LogP contribution in [0.4, 0.5) is 0 Å². The van der Waals surface area contributed by atoms with Gasteiger partial charge in [0.1, 0.15) is 0 Å². The maximum atomic E-state index is 11.9. The highest BCUT2D eigenvalue weighted by Gasteiger charge is 2.33. The van der Waals surface area contributed by atoms with Gasteiger partial charge in [-0.15, -0.1) is 0 Å². The van der Waals surface area contributed by atoms with E-state index in [0.717, 1.165) is 16.5 Å². The van der Waals surface area contributed by atoms with Crippen molar-refractivity contribution < 1.29 is 14.3 Å². The van der Waals surface area contributed by atoms with E-state index in [-0.39, 0.29) is 12.3 Å². The summed E-state index contributed by atoms with van der Waals surface area (Å²) < 4.78 is 12.8. The smallest absolute Gasteiger partial charge is 0.245 e. The van der Waals surface area contributed by atoms with Crippen molar-refractivity contribution in [2.24, 2.45) is 12.1 Å². The van der Waals surface area contributed by atoms with E-state index in [9.17, 15) is 4.79 Å². The van der Waals surface area contributed by atoms with Gasteiger partial charge in [-0.25, -0.2) is 5.43 Å². The number of hydrazone groups is 1. The first-order valence-corrected chi connectivity index (χ1v) is 7.21. The number of aryl methyl sites for hydroxylation is 1. The highest BCUT2D eigenvalue weighted by Crippen LogP contribution is 2.22. The molecule has 1 amide bonds. The highest BCUT2D eigenvalue weighted by atomic mass is 16.7. The first-order chi connectivity index (χ1) is 10.6. The fourth-order valence-electron chi connectivity index (χ4n) is 2.64. The predicted octanol–water partition coefficient (Wildman–Crippen LogP) is 1.78. The van der Waals surface area contributed by atoms with Crippen molar-refractivity contribution in [3.63, 3.8) is 0 Å². The Hall–Kier alpha value is -2.18. The minimum atomic E-state index is -0.834. The fraction of sp³-hybridized carbons (Fsp3) is 0.375. The Morgan fingerprint density at radius 2 is 2.14 bits per heavy atom. The van der Waals surface area contributed by atoms with Crippen LogP contribution in [0.3, 0.4) is 0 Å². The molecule has 1 N–H and O–H groups in total. The number of amides is 1. The number of rotatable bonds is 4. The number of para-hydroxylation sites is 1. The van der Waals surface area contributed by atoms with Crippen LogP contribution in [0.15, 0.2) is 35.6 Å². The number of fused-ring (bicyclic) bond motifs is 1. The van der Waals surface area contributed by atoms with Gasteiger partial charge < -0.3 is 14.0 Å². The third-order valence-electron chi connectivity index (χ3n) is 3.70. The number of carbonyl (C=O) groups is 1. The molecule has 0 saturated carbocycles. The molecule has 3 rings (SSSR count). The molecule has 2 heterocycles. The van der Waals surface area contributed by atoms with Gasteiger partial charge in [0.15, 0.2) is 5.79 Å². The summed E-state index contributed by atoms with van der Waals surface area (Å²) in [6.07, 6.45) is 3.75. The van der Waals surface area contributed by atoms with E-state index in [0.29, 0.717) is 13.2 Å². The zero-order valence-electron chi connectivity index (χ0n) is 12.7. The molecule has 6 nitrogen and oxygen atoms in total. The normalized spacial score (nSPS) is 17.4. The van der Waals surface area contributed by atoms with Crippen LogP contribution in [0, 0.1) is 0 Å². The van der Waals surface area contributed by atoms with E-state index >= 15 is 0 Å². The number of nitrogens with one attached hydrogen (secondary N) is 1. The van der Waals surface area contributed by atoms with Gasteiger partial charge in [0.25, 0.3) is 0 Å². The van der Waals surface area contributed by atoms with Crippen molar-refractivity contribution in [3.8, 4) is 0 Å². The van der Waals surface area contributed by atoms with Gasteiger partial charge in [-0.05, 0) is 13.0 Å². The van der Waals surface area contributed by atoms with Crippen LogP contribution in [0.1, 0.15) is 18.9 Å². The second-order valence-electron chi connectivity index (χ2n) is 5.51. The minimum absolute atomic E-state index is 0.125. The number of aromatic nitrogens is 1. The van der Waals surface area contributed by atoms with Crippen molar-refractivity contribution in [1.29, 1.82) is 0 Å². The average molecular weight is 301 g/mol. The lowest BCUT2D eigenvalue weighted by Gasteiger charge is -2.20. The molecule has 0 aliphatic carbocycles. The van der Waals surface area contributed by atoms with Gasteiger partial charge in [-0.2, -0.15) is 5.10 Å². The molecule has 0 atom stereocenters. The third-order valence-corrected chi connectivity index (χ3v) is 3.70. The van der Waals surface area contributed by atoms with Crippen LogP contribution < -0.4 is 5.43 Å². The lowest BCUT2D eigenvalue weighted by Crippen LogP contribution is -2.33. The number of hydrogen-bond donors (Lipinski definition) is 1. The predicted molar refractivity (Wildman–Crippen MR) is 83.6 cm³/mol. The summed E-state index contributed by atoms with van der Waals surface area (Å²) in [6, 6.07) is 8.04. The van der Waals surface area contributed by atoms with E-state index in [1.807, 2.05) is 42.1 Å². The van der Waals surface area contributed by atoms with E-state index in [1.54, 1.807) is 13.1 Å². The molecule has 0 spiro atoms. The molecule has 1 aromatic heterocycles. The van der Waals surface area contributed by atoms with E-state index in [2.05, 4.69) is 10.5 Å². The zero-order chi connectivity index (χ0) is 15.6. The first kappa shape index (κ1) is 14.7. The van der Waals surface area contributed by atoms with Crippen LogP contribution in [0.5, 0.6) is 0 Å². The topological polar surface area (TPSA) is 64.9 Å². The maximum Gasteiger partial charge on any atom is 0.245 e. The number of benzene rings is 1. The molecule has 116 valence electrons. The molecule has 0 bridgehead atoms. The second kappa shape index (κ2) is 5.90. The largest absolute Gasteiger partial charge is 0.350 e. The third kappa shape index (κ3) is 3.03. The van der Waals surface area contributed by atoms with Crippen molar-refractivity contribution in [2.75, 3.05) is 13.2 Å². The summed E-state index contributed by atoms with van der Waals surface area (Å²) in [7, 11) is 1.98. The number of hydrogen-bond acceptors (Lipinski definition) is 4. The Bertz CT molecular complexity index is 714. The van der Waals surface area contributed by atoms with Crippen LogP contribution in [-0.4, -0.2) is 35.7 Å². The average Bonchev–Trinajstić information content (AvgIpc) is 3.04. The van der Waals surface area contributed by atoms with Crippen LogP contribution in [-0.2, 0) is 21.3 Å². The molecular weight excluding hydrogens is 282 g/mol. The van der Waals surface area contributed by atoms with Crippen molar-refractivity contribution in [3.05, 3.63) is 36.0 Å². The van der Waals surface area contributed by atoms with Gasteiger partial charge in [0, 0.05) is 29.7 Å². The molecule has 22 heavy (non-hydrogen) atoms. The van der Waals surface area contributed by atoms with Crippen molar-refractivity contribution in [1.82, 2.24) is 9.99 Å². The number of nitrogens with zero attached hydrogens (tertiary/aromatic N) is 2. The minimum Gasteiger partial charge on any atom is -0.350 e. The lowest BCUT2D eigenvalue weighted by molar-refractivity contribution is -0.159. The highest BCUT2D eigenvalue weighted by molar-refractivity contribution is 5.99. The summed E-state index contributed by atoms with van der Waals surface area (Å²) in [5.41, 5.74) is 4.60. The van der Waals surface area contributed by atoms with Gasteiger partial charge >= 0.3 is 0 Å². The second-order valence-corrected chi connectivity index (χ2v) is 5.51. The molecule has 0 unspecified atom stereocenters. The Kier molecular flexibility index (Phi) is 3.96. The molecule has 1 aromatic carbocycles. The Labute approximate surface area is 128 Å². The lowest BCUT2D eigenvalue weighted by atomic mass is 10.2. The van der Waals surface area contributed by atoms with E-state index in [1.165, 1.54) is 0 Å². The quantitative estimate of drug-likeness (QED) is 0.691. The summed E-state index contributed by atoms with van der Waals surface area (Å²) >= 11 is 0. The van der Waals surface area contributed by atoms with Crippen LogP contribution in [0.25, 0.3) is 10.9 Å².